The molecule has 10 nitrogen and oxygen atoms in total. The van der Waals surface area contributed by atoms with Crippen LogP contribution < -0.4 is 16.1 Å². The first kappa shape index (κ1) is 30.9. The van der Waals surface area contributed by atoms with Crippen molar-refractivity contribution in [3.8, 4) is 16.8 Å². The number of carbonyl (C=O) groups is 1. The van der Waals surface area contributed by atoms with Crippen molar-refractivity contribution in [3.05, 3.63) is 93.6 Å². The highest BCUT2D eigenvalue weighted by Gasteiger charge is 2.25. The summed E-state index contributed by atoms with van der Waals surface area (Å²) in [5.41, 5.74) is 7.44. The average Bonchev–Trinajstić information content (AvgIpc) is 3.22. The van der Waals surface area contributed by atoms with E-state index in [1.54, 1.807) is 73.9 Å². The van der Waals surface area contributed by atoms with E-state index in [9.17, 15) is 18.0 Å². The monoisotopic (exact) mass is 611 g/mol. The van der Waals surface area contributed by atoms with E-state index in [4.69, 9.17) is 22.1 Å². The number of rotatable bonds is 9. The Hall–Kier alpha value is -4.09. The van der Waals surface area contributed by atoms with Gasteiger partial charge in [-0.15, -0.1) is 5.10 Å². The molecule has 4 aromatic rings. The summed E-state index contributed by atoms with van der Waals surface area (Å²) in [4.78, 5) is 25.6. The Morgan fingerprint density at radius 2 is 1.76 bits per heavy atom. The first-order valence-electron chi connectivity index (χ1n) is 13.5. The molecule has 0 aliphatic rings. The summed E-state index contributed by atoms with van der Waals surface area (Å²) in [6, 6.07) is 18.5. The fourth-order valence-corrected chi connectivity index (χ4v) is 5.64. The third kappa shape index (κ3) is 7.21. The molecular weight excluding hydrogens is 578 g/mol. The molecule has 0 atom stereocenters. The second-order valence-electron chi connectivity index (χ2n) is 10.8. The Labute approximate surface area is 250 Å². The lowest BCUT2D eigenvalue weighted by molar-refractivity contribution is 0.0570. The highest BCUT2D eigenvalue weighted by Crippen LogP contribution is 2.28. The molecule has 1 heterocycles. The van der Waals surface area contributed by atoms with Crippen molar-refractivity contribution in [3.63, 3.8) is 0 Å². The molecule has 3 aromatic carbocycles. The number of nitrogen functional groups attached to an aromatic ring is 1. The fourth-order valence-electron chi connectivity index (χ4n) is 4.34. The molecule has 0 saturated carbocycles. The van der Waals surface area contributed by atoms with Crippen LogP contribution in [0.2, 0.25) is 5.02 Å². The number of ether oxygens (including phenoxy) is 1. The van der Waals surface area contributed by atoms with Crippen LogP contribution in [-0.4, -0.2) is 34.5 Å². The van der Waals surface area contributed by atoms with E-state index in [0.29, 0.717) is 39.8 Å². The number of amides is 1. The molecule has 4 rings (SSSR count). The summed E-state index contributed by atoms with van der Waals surface area (Å²) in [6.07, 6.45) is 1.33. The summed E-state index contributed by atoms with van der Waals surface area (Å²) in [7, 11) is -4.22. The SMILES string of the molecule is CCCCc1nn(-c2cc(N)ccc2Cl)c(=O)n1Cc1ccc(-c2ccccc2S(=O)(=O)NC(=O)OC(C)(C)C)cc1. The van der Waals surface area contributed by atoms with Crippen molar-refractivity contribution in [1.29, 1.82) is 0 Å². The van der Waals surface area contributed by atoms with Gasteiger partial charge in [0, 0.05) is 17.7 Å². The molecule has 0 saturated heterocycles. The molecule has 0 fully saturated rings. The Morgan fingerprint density at radius 3 is 2.43 bits per heavy atom. The molecule has 0 aliphatic heterocycles. The van der Waals surface area contributed by atoms with Crippen LogP contribution in [0.15, 0.2) is 76.4 Å². The highest BCUT2D eigenvalue weighted by atomic mass is 35.5. The van der Waals surface area contributed by atoms with Crippen LogP contribution in [0.25, 0.3) is 16.8 Å². The molecule has 12 heteroatoms. The minimum atomic E-state index is -4.22. The second kappa shape index (κ2) is 12.4. The molecule has 42 heavy (non-hydrogen) atoms. The number of unbranched alkanes of at least 4 members (excludes halogenated alkanes) is 1. The van der Waals surface area contributed by atoms with Gasteiger partial charge in [0.2, 0.25) is 0 Å². The molecular formula is C30H34ClN5O5S. The van der Waals surface area contributed by atoms with Crippen LogP contribution >= 0.6 is 11.6 Å². The zero-order chi connectivity index (χ0) is 30.7. The lowest BCUT2D eigenvalue weighted by Gasteiger charge is -2.20. The topological polar surface area (TPSA) is 138 Å². The van der Waals surface area contributed by atoms with Gasteiger partial charge in [-0.2, -0.15) is 4.68 Å². The standard InChI is InChI=1S/C30H34ClN5O5S/c1-5-6-11-27-33-36(25-18-22(32)16-17-24(25)31)29(38)35(27)19-20-12-14-21(15-13-20)23-9-7-8-10-26(23)42(39,40)34-28(37)41-30(2,3)4/h7-10,12-18H,5-6,11,19,32H2,1-4H3,(H,34,37). The third-order valence-corrected chi connectivity index (χ3v) is 7.98. The number of benzene rings is 3. The average molecular weight is 612 g/mol. The lowest BCUT2D eigenvalue weighted by Crippen LogP contribution is -2.36. The van der Waals surface area contributed by atoms with Gasteiger partial charge in [-0.1, -0.05) is 67.4 Å². The van der Waals surface area contributed by atoms with Gasteiger partial charge < -0.3 is 10.5 Å². The number of aryl methyl sites for hydroxylation is 1. The summed E-state index contributed by atoms with van der Waals surface area (Å²) < 4.78 is 36.1. The van der Waals surface area contributed by atoms with E-state index >= 15 is 0 Å². The first-order valence-corrected chi connectivity index (χ1v) is 15.3. The molecule has 0 aliphatic carbocycles. The lowest BCUT2D eigenvalue weighted by atomic mass is 10.0. The van der Waals surface area contributed by atoms with Crippen molar-refractivity contribution in [1.82, 2.24) is 19.1 Å². The Morgan fingerprint density at radius 1 is 1.07 bits per heavy atom. The van der Waals surface area contributed by atoms with Crippen LogP contribution in [0.4, 0.5) is 10.5 Å². The zero-order valence-corrected chi connectivity index (χ0v) is 25.5. The number of carbonyl (C=O) groups excluding carboxylic acids is 1. The minimum Gasteiger partial charge on any atom is -0.443 e. The highest BCUT2D eigenvalue weighted by molar-refractivity contribution is 7.90. The summed E-state index contributed by atoms with van der Waals surface area (Å²) >= 11 is 6.37. The summed E-state index contributed by atoms with van der Waals surface area (Å²) in [6.45, 7) is 7.25. The number of sulfonamides is 1. The number of aromatic nitrogens is 3. The van der Waals surface area contributed by atoms with Crippen LogP contribution in [0.5, 0.6) is 0 Å². The van der Waals surface area contributed by atoms with E-state index in [-0.39, 0.29) is 17.1 Å². The van der Waals surface area contributed by atoms with Crippen molar-refractivity contribution in [2.75, 3.05) is 5.73 Å². The molecule has 0 unspecified atom stereocenters. The van der Waals surface area contributed by atoms with Crippen LogP contribution in [0, 0.1) is 0 Å². The van der Waals surface area contributed by atoms with E-state index in [1.165, 1.54) is 10.7 Å². The predicted molar refractivity (Wildman–Crippen MR) is 163 cm³/mol. The van der Waals surface area contributed by atoms with Gasteiger partial charge in [0.15, 0.2) is 0 Å². The van der Waals surface area contributed by atoms with Crippen molar-refractivity contribution < 1.29 is 17.9 Å². The number of hydrogen-bond donors (Lipinski definition) is 2. The number of nitrogens with zero attached hydrogens (tertiary/aromatic N) is 3. The predicted octanol–water partition coefficient (Wildman–Crippen LogP) is 5.54. The molecule has 0 radical (unpaired) electrons. The summed E-state index contributed by atoms with van der Waals surface area (Å²) in [5, 5.41) is 4.94. The molecule has 1 amide bonds. The smallest absolute Gasteiger partial charge is 0.421 e. The second-order valence-corrected chi connectivity index (χ2v) is 12.9. The third-order valence-electron chi connectivity index (χ3n) is 6.29. The molecule has 0 bridgehead atoms. The quantitative estimate of drug-likeness (QED) is 0.237. The van der Waals surface area contributed by atoms with Gasteiger partial charge in [-0.3, -0.25) is 4.57 Å². The molecule has 3 N–H and O–H groups in total. The van der Waals surface area contributed by atoms with Gasteiger partial charge in [-0.05, 0) is 62.6 Å². The minimum absolute atomic E-state index is 0.0676. The zero-order valence-electron chi connectivity index (χ0n) is 23.9. The summed E-state index contributed by atoms with van der Waals surface area (Å²) in [5.74, 6) is 0.620. The Kier molecular flexibility index (Phi) is 9.12. The molecule has 0 spiro atoms. The van der Waals surface area contributed by atoms with E-state index in [1.807, 2.05) is 16.9 Å². The van der Waals surface area contributed by atoms with Gasteiger partial charge in [0.05, 0.1) is 22.2 Å². The number of hydrogen-bond acceptors (Lipinski definition) is 7. The van der Waals surface area contributed by atoms with Crippen LogP contribution in [0.3, 0.4) is 0 Å². The number of anilines is 1. The normalized spacial score (nSPS) is 11.8. The van der Waals surface area contributed by atoms with Crippen molar-refractivity contribution >= 4 is 33.4 Å². The largest absolute Gasteiger partial charge is 0.443 e. The van der Waals surface area contributed by atoms with E-state index in [0.717, 1.165) is 18.4 Å². The maximum atomic E-state index is 13.5. The number of nitrogens with two attached hydrogens (primary N) is 1. The molecule has 222 valence electrons. The number of nitrogens with one attached hydrogen (secondary N) is 1. The molecule has 1 aromatic heterocycles. The Balaban J connectivity index is 1.64. The number of halogens is 1. The van der Waals surface area contributed by atoms with E-state index in [2.05, 4.69) is 12.0 Å². The van der Waals surface area contributed by atoms with Crippen LogP contribution in [0.1, 0.15) is 51.9 Å². The van der Waals surface area contributed by atoms with Gasteiger partial charge in [0.1, 0.15) is 11.4 Å². The van der Waals surface area contributed by atoms with Gasteiger partial charge in [-0.25, -0.2) is 22.7 Å². The first-order chi connectivity index (χ1) is 19.8. The fraction of sp³-hybridized carbons (Fsp3) is 0.300. The van der Waals surface area contributed by atoms with Gasteiger partial charge >= 0.3 is 11.8 Å². The van der Waals surface area contributed by atoms with Crippen molar-refractivity contribution in [2.24, 2.45) is 0 Å². The Bertz CT molecular complexity index is 1760. The van der Waals surface area contributed by atoms with Crippen LogP contribution in [-0.2, 0) is 27.7 Å². The van der Waals surface area contributed by atoms with E-state index < -0.39 is 21.7 Å². The maximum Gasteiger partial charge on any atom is 0.421 e. The van der Waals surface area contributed by atoms with Crippen molar-refractivity contribution in [2.45, 2.75) is 64.0 Å². The maximum absolute atomic E-state index is 13.5. The van der Waals surface area contributed by atoms with Gasteiger partial charge in [0.25, 0.3) is 10.0 Å².